The first kappa shape index (κ1) is 21.6. The number of carbonyl (C=O) groups excluding carboxylic acids is 2. The Labute approximate surface area is 184 Å². The van der Waals surface area contributed by atoms with Crippen LogP contribution in [0.4, 0.5) is 0 Å². The lowest BCUT2D eigenvalue weighted by atomic mass is 9.78. The number of rotatable bonds is 5. The van der Waals surface area contributed by atoms with Crippen LogP contribution in [0.15, 0.2) is 42.5 Å². The molecule has 0 radical (unpaired) electrons. The normalized spacial score (nSPS) is 23.7. The third-order valence-electron chi connectivity index (χ3n) is 6.87. The second-order valence-corrected chi connectivity index (χ2v) is 9.15. The molecule has 2 aromatic carbocycles. The van der Waals surface area contributed by atoms with E-state index in [1.54, 1.807) is 5.06 Å². The lowest BCUT2D eigenvalue weighted by Crippen LogP contribution is -2.36. The molecule has 1 heterocycles. The molecular formula is C26H32N2O3. The van der Waals surface area contributed by atoms with Crippen molar-refractivity contribution in [1.82, 2.24) is 5.06 Å². The summed E-state index contributed by atoms with van der Waals surface area (Å²) in [5.41, 5.74) is 10.5. The molecule has 2 N–H and O–H groups in total. The van der Waals surface area contributed by atoms with Gasteiger partial charge in [0.25, 0.3) is 0 Å². The van der Waals surface area contributed by atoms with Crippen LogP contribution < -0.4 is 5.73 Å². The monoisotopic (exact) mass is 420 g/mol. The predicted molar refractivity (Wildman–Crippen MR) is 120 cm³/mol. The number of hydroxylamine groups is 2. The van der Waals surface area contributed by atoms with E-state index in [4.69, 9.17) is 10.6 Å². The highest BCUT2D eigenvalue weighted by molar-refractivity contribution is 5.94. The Hall–Kier alpha value is -2.66. The topological polar surface area (TPSA) is 72.6 Å². The molecule has 0 aromatic heterocycles. The maximum absolute atomic E-state index is 13.2. The smallest absolute Gasteiger partial charge is 0.249 e. The molecule has 31 heavy (non-hydrogen) atoms. The molecule has 4 rings (SSSR count). The van der Waals surface area contributed by atoms with Gasteiger partial charge in [0, 0.05) is 17.9 Å². The lowest BCUT2D eigenvalue weighted by molar-refractivity contribution is -0.183. The van der Waals surface area contributed by atoms with E-state index < -0.39 is 0 Å². The predicted octanol–water partition coefficient (Wildman–Crippen LogP) is 4.66. The highest BCUT2D eigenvalue weighted by atomic mass is 16.7. The van der Waals surface area contributed by atoms with E-state index in [0.717, 1.165) is 55.2 Å². The molecule has 0 bridgehead atoms. The number of carbonyl (C=O) groups is 2. The van der Waals surface area contributed by atoms with Crippen LogP contribution in [0.3, 0.4) is 0 Å². The fourth-order valence-electron chi connectivity index (χ4n) is 4.97. The van der Waals surface area contributed by atoms with Gasteiger partial charge in [0.1, 0.15) is 0 Å². The summed E-state index contributed by atoms with van der Waals surface area (Å²) in [5.74, 6) is 0.316. The Morgan fingerprint density at radius 1 is 1.00 bits per heavy atom. The zero-order valence-electron chi connectivity index (χ0n) is 18.5. The summed E-state index contributed by atoms with van der Waals surface area (Å²) in [4.78, 5) is 30.6. The Kier molecular flexibility index (Phi) is 6.42. The molecule has 2 aromatic rings. The van der Waals surface area contributed by atoms with Crippen molar-refractivity contribution >= 4 is 11.8 Å². The van der Waals surface area contributed by atoms with Crippen LogP contribution in [-0.2, 0) is 16.1 Å². The van der Waals surface area contributed by atoms with E-state index in [2.05, 4.69) is 37.3 Å². The van der Waals surface area contributed by atoms with Crippen molar-refractivity contribution in [2.24, 2.45) is 17.6 Å². The molecular weight excluding hydrogens is 388 g/mol. The summed E-state index contributed by atoms with van der Waals surface area (Å²) in [6, 6.07) is 14.4. The number of aryl methyl sites for hydroxylation is 2. The van der Waals surface area contributed by atoms with Gasteiger partial charge in [-0.2, -0.15) is 0 Å². The van der Waals surface area contributed by atoms with Gasteiger partial charge in [-0.3, -0.25) is 14.4 Å². The third kappa shape index (κ3) is 4.82. The fourth-order valence-corrected chi connectivity index (χ4v) is 4.97. The molecule has 164 valence electrons. The van der Waals surface area contributed by atoms with Gasteiger partial charge in [0.2, 0.25) is 11.8 Å². The first-order valence-electron chi connectivity index (χ1n) is 11.3. The van der Waals surface area contributed by atoms with Crippen LogP contribution in [-0.4, -0.2) is 23.5 Å². The number of amides is 2. The summed E-state index contributed by atoms with van der Waals surface area (Å²) in [6.45, 7) is 4.57. The van der Waals surface area contributed by atoms with E-state index in [1.165, 1.54) is 5.56 Å². The zero-order valence-corrected chi connectivity index (χ0v) is 18.5. The molecule has 2 fully saturated rings. The lowest BCUT2D eigenvalue weighted by Gasteiger charge is -2.32. The highest BCUT2D eigenvalue weighted by Crippen LogP contribution is 2.37. The number of benzene rings is 2. The van der Waals surface area contributed by atoms with Crippen molar-refractivity contribution in [1.29, 1.82) is 0 Å². The maximum Gasteiger partial charge on any atom is 0.249 e. The van der Waals surface area contributed by atoms with Crippen LogP contribution in [0.1, 0.15) is 70.8 Å². The van der Waals surface area contributed by atoms with Crippen LogP contribution in [0.25, 0.3) is 0 Å². The Morgan fingerprint density at radius 3 is 2.39 bits per heavy atom. The van der Waals surface area contributed by atoms with Gasteiger partial charge in [0.05, 0.1) is 12.6 Å². The summed E-state index contributed by atoms with van der Waals surface area (Å²) in [6.07, 6.45) is 5.57. The summed E-state index contributed by atoms with van der Waals surface area (Å²) in [7, 11) is 0. The number of hydrogen-bond donors (Lipinski definition) is 1. The number of nitrogens with zero attached hydrogens (tertiary/aromatic N) is 1. The van der Waals surface area contributed by atoms with Gasteiger partial charge >= 0.3 is 0 Å². The minimum atomic E-state index is -0.373. The molecule has 2 aliphatic rings. The van der Waals surface area contributed by atoms with Gasteiger partial charge < -0.3 is 5.73 Å². The third-order valence-corrected chi connectivity index (χ3v) is 6.87. The Morgan fingerprint density at radius 2 is 1.71 bits per heavy atom. The average molecular weight is 421 g/mol. The molecule has 5 heteroatoms. The van der Waals surface area contributed by atoms with Crippen molar-refractivity contribution in [2.45, 2.75) is 58.4 Å². The maximum atomic E-state index is 13.2. The first-order chi connectivity index (χ1) is 14.9. The van der Waals surface area contributed by atoms with Gasteiger partial charge in [-0.15, -0.1) is 0 Å². The van der Waals surface area contributed by atoms with E-state index in [1.807, 2.05) is 19.1 Å². The second kappa shape index (κ2) is 9.23. The zero-order chi connectivity index (χ0) is 22.0. The first-order valence-corrected chi connectivity index (χ1v) is 11.3. The minimum Gasteiger partial charge on any atom is -0.366 e. The molecule has 1 aliphatic heterocycles. The molecule has 1 saturated carbocycles. The van der Waals surface area contributed by atoms with E-state index in [0.29, 0.717) is 18.1 Å². The van der Waals surface area contributed by atoms with E-state index >= 15 is 0 Å². The molecule has 0 spiro atoms. The van der Waals surface area contributed by atoms with Crippen molar-refractivity contribution in [3.05, 3.63) is 70.3 Å². The van der Waals surface area contributed by atoms with Gasteiger partial charge in [-0.05, 0) is 74.6 Å². The minimum absolute atomic E-state index is 0.0191. The molecule has 1 saturated heterocycles. The van der Waals surface area contributed by atoms with Gasteiger partial charge in [0.15, 0.2) is 0 Å². The van der Waals surface area contributed by atoms with Crippen molar-refractivity contribution in [2.75, 3.05) is 6.61 Å². The summed E-state index contributed by atoms with van der Waals surface area (Å²) >= 11 is 0. The Bertz CT molecular complexity index is 946. The largest absolute Gasteiger partial charge is 0.366 e. The van der Waals surface area contributed by atoms with Crippen LogP contribution in [0.2, 0.25) is 0 Å². The molecule has 0 unspecified atom stereocenters. The SMILES string of the molecule is Cc1ccc([C@@H]2CCON2C(=O)C2CCC(Cc3ccc(C)c(C(N)=O)c3)CC2)cc1. The molecule has 1 aliphatic carbocycles. The highest BCUT2D eigenvalue weighted by Gasteiger charge is 2.37. The van der Waals surface area contributed by atoms with Gasteiger partial charge in [-0.25, -0.2) is 5.06 Å². The van der Waals surface area contributed by atoms with Crippen LogP contribution >= 0.6 is 0 Å². The standard InChI is InChI=1S/C26H32N2O3/c1-17-3-9-21(10-4-17)24-13-14-31-28(24)26(30)22-11-7-19(8-12-22)15-20-6-5-18(2)23(16-20)25(27)29/h3-6,9-10,16,19,22,24H,7-8,11-15H2,1-2H3,(H2,27,29)/t19?,22?,24-/m0/s1. The summed E-state index contributed by atoms with van der Waals surface area (Å²) in [5, 5.41) is 1.65. The number of primary amides is 1. The van der Waals surface area contributed by atoms with E-state index in [9.17, 15) is 9.59 Å². The van der Waals surface area contributed by atoms with E-state index in [-0.39, 0.29) is 23.8 Å². The Balaban J connectivity index is 1.35. The van der Waals surface area contributed by atoms with Crippen LogP contribution in [0.5, 0.6) is 0 Å². The molecule has 1 atom stereocenters. The molecule has 5 nitrogen and oxygen atoms in total. The second-order valence-electron chi connectivity index (χ2n) is 9.15. The van der Waals surface area contributed by atoms with Crippen molar-refractivity contribution < 1.29 is 14.4 Å². The number of nitrogens with two attached hydrogens (primary N) is 1. The average Bonchev–Trinajstić information content (AvgIpc) is 3.25. The summed E-state index contributed by atoms with van der Waals surface area (Å²) < 4.78 is 0. The van der Waals surface area contributed by atoms with Crippen LogP contribution in [0, 0.1) is 25.7 Å². The number of hydrogen-bond acceptors (Lipinski definition) is 3. The van der Waals surface area contributed by atoms with Crippen molar-refractivity contribution in [3.63, 3.8) is 0 Å². The van der Waals surface area contributed by atoms with Crippen molar-refractivity contribution in [3.8, 4) is 0 Å². The molecule has 2 amide bonds. The quantitative estimate of drug-likeness (QED) is 0.765. The fraction of sp³-hybridized carbons (Fsp3) is 0.462. The van der Waals surface area contributed by atoms with Gasteiger partial charge in [-0.1, -0.05) is 42.0 Å².